The van der Waals surface area contributed by atoms with Gasteiger partial charge in [-0.05, 0) is 31.2 Å². The van der Waals surface area contributed by atoms with Gasteiger partial charge in [-0.25, -0.2) is 4.98 Å². The number of hydrogen-bond acceptors (Lipinski definition) is 3. The van der Waals surface area contributed by atoms with Gasteiger partial charge in [0.05, 0.1) is 6.04 Å². The molecule has 0 bridgehead atoms. The summed E-state index contributed by atoms with van der Waals surface area (Å²) in [5.41, 5.74) is 1.06. The van der Waals surface area contributed by atoms with E-state index >= 15 is 0 Å². The molecule has 4 heteroatoms. The molecule has 0 saturated carbocycles. The second-order valence-corrected chi connectivity index (χ2v) is 4.61. The highest BCUT2D eigenvalue weighted by molar-refractivity contribution is 7.09. The molecule has 0 fully saturated rings. The highest BCUT2D eigenvalue weighted by Crippen LogP contribution is 2.21. The van der Waals surface area contributed by atoms with E-state index in [2.05, 4.69) is 17.2 Å². The maximum atomic E-state index is 5.81. The normalized spacial score (nSPS) is 12.4. The second-order valence-electron chi connectivity index (χ2n) is 3.24. The Bertz CT molecular complexity index is 411. The standard InChI is InChI=1S/C11H11ClN2S/c1-8(11-13-6-7-15-11)14-10-4-2-9(12)3-5-10/h2-8,14H,1H3. The van der Waals surface area contributed by atoms with Crippen molar-refractivity contribution < 1.29 is 0 Å². The third-order valence-corrected chi connectivity index (χ3v) is 3.26. The van der Waals surface area contributed by atoms with Gasteiger partial charge in [0.25, 0.3) is 0 Å². The third-order valence-electron chi connectivity index (χ3n) is 2.05. The number of hydrogen-bond donors (Lipinski definition) is 1. The second kappa shape index (κ2) is 4.64. The van der Waals surface area contributed by atoms with E-state index < -0.39 is 0 Å². The number of aromatic nitrogens is 1. The van der Waals surface area contributed by atoms with Crippen molar-refractivity contribution in [2.45, 2.75) is 13.0 Å². The van der Waals surface area contributed by atoms with Crippen LogP contribution in [0.2, 0.25) is 5.02 Å². The quantitative estimate of drug-likeness (QED) is 0.875. The van der Waals surface area contributed by atoms with Crippen LogP contribution in [0.4, 0.5) is 5.69 Å². The highest BCUT2D eigenvalue weighted by atomic mass is 35.5. The summed E-state index contributed by atoms with van der Waals surface area (Å²) in [6.07, 6.45) is 1.82. The van der Waals surface area contributed by atoms with Crippen LogP contribution in [0.3, 0.4) is 0 Å². The van der Waals surface area contributed by atoms with Crippen LogP contribution in [0, 0.1) is 0 Å². The number of rotatable bonds is 3. The van der Waals surface area contributed by atoms with E-state index in [1.165, 1.54) is 0 Å². The average Bonchev–Trinajstić information content (AvgIpc) is 2.74. The average molecular weight is 239 g/mol. The fourth-order valence-electron chi connectivity index (χ4n) is 1.31. The van der Waals surface area contributed by atoms with Gasteiger partial charge in [-0.2, -0.15) is 0 Å². The molecule has 0 spiro atoms. The lowest BCUT2D eigenvalue weighted by atomic mass is 10.3. The van der Waals surface area contributed by atoms with E-state index in [1.807, 2.05) is 35.8 Å². The molecule has 1 heterocycles. The molecular weight excluding hydrogens is 228 g/mol. The number of nitrogens with zero attached hydrogens (tertiary/aromatic N) is 1. The Labute approximate surface area is 97.9 Å². The van der Waals surface area contributed by atoms with Crippen LogP contribution in [0.25, 0.3) is 0 Å². The Morgan fingerprint density at radius 1 is 1.33 bits per heavy atom. The highest BCUT2D eigenvalue weighted by Gasteiger charge is 2.06. The zero-order chi connectivity index (χ0) is 10.7. The summed E-state index contributed by atoms with van der Waals surface area (Å²) in [7, 11) is 0. The molecule has 1 aromatic heterocycles. The Balaban J connectivity index is 2.06. The van der Waals surface area contributed by atoms with Crippen LogP contribution in [0.1, 0.15) is 18.0 Å². The molecule has 0 aliphatic heterocycles. The Morgan fingerprint density at radius 3 is 2.67 bits per heavy atom. The van der Waals surface area contributed by atoms with E-state index in [4.69, 9.17) is 11.6 Å². The number of benzene rings is 1. The summed E-state index contributed by atoms with van der Waals surface area (Å²) < 4.78 is 0. The molecule has 2 aromatic rings. The Hall–Kier alpha value is -1.06. The smallest absolute Gasteiger partial charge is 0.115 e. The van der Waals surface area contributed by atoms with Crippen LogP contribution in [0.15, 0.2) is 35.8 Å². The molecule has 78 valence electrons. The van der Waals surface area contributed by atoms with Crippen LogP contribution in [-0.4, -0.2) is 4.98 Å². The third kappa shape index (κ3) is 2.70. The molecule has 0 radical (unpaired) electrons. The molecule has 0 aliphatic rings. The summed E-state index contributed by atoms with van der Waals surface area (Å²) in [6, 6.07) is 7.90. The van der Waals surface area contributed by atoms with Gasteiger partial charge < -0.3 is 5.32 Å². The predicted molar refractivity (Wildman–Crippen MR) is 65.6 cm³/mol. The largest absolute Gasteiger partial charge is 0.376 e. The van der Waals surface area contributed by atoms with E-state index in [1.54, 1.807) is 11.3 Å². The number of halogens is 1. The van der Waals surface area contributed by atoms with Crippen LogP contribution >= 0.6 is 22.9 Å². The lowest BCUT2D eigenvalue weighted by Crippen LogP contribution is -2.05. The molecule has 1 unspecified atom stereocenters. The monoisotopic (exact) mass is 238 g/mol. The Kier molecular flexibility index (Phi) is 3.23. The van der Waals surface area contributed by atoms with Crippen molar-refractivity contribution in [2.24, 2.45) is 0 Å². The summed E-state index contributed by atoms with van der Waals surface area (Å²) in [6.45, 7) is 2.09. The minimum absolute atomic E-state index is 0.228. The SMILES string of the molecule is CC(Nc1ccc(Cl)cc1)c1nccs1. The van der Waals surface area contributed by atoms with Crippen LogP contribution < -0.4 is 5.32 Å². The summed E-state index contributed by atoms with van der Waals surface area (Å²) in [4.78, 5) is 4.26. The summed E-state index contributed by atoms with van der Waals surface area (Å²) in [5.74, 6) is 0. The molecule has 2 nitrogen and oxygen atoms in total. The van der Waals surface area contributed by atoms with Gasteiger partial charge >= 0.3 is 0 Å². The lowest BCUT2D eigenvalue weighted by Gasteiger charge is -2.12. The lowest BCUT2D eigenvalue weighted by molar-refractivity contribution is 0.870. The zero-order valence-corrected chi connectivity index (χ0v) is 9.85. The maximum Gasteiger partial charge on any atom is 0.115 e. The minimum atomic E-state index is 0.228. The van der Waals surface area contributed by atoms with Crippen molar-refractivity contribution in [3.63, 3.8) is 0 Å². The van der Waals surface area contributed by atoms with Gasteiger partial charge in [-0.15, -0.1) is 11.3 Å². The van der Waals surface area contributed by atoms with E-state index in [-0.39, 0.29) is 6.04 Å². The van der Waals surface area contributed by atoms with Gasteiger partial charge in [0, 0.05) is 22.3 Å². The molecule has 1 N–H and O–H groups in total. The number of thiazole rings is 1. The first kappa shape index (κ1) is 10.5. The van der Waals surface area contributed by atoms with Crippen molar-refractivity contribution in [3.8, 4) is 0 Å². The minimum Gasteiger partial charge on any atom is -0.376 e. The number of nitrogens with one attached hydrogen (secondary N) is 1. The van der Waals surface area contributed by atoms with Crippen molar-refractivity contribution >= 4 is 28.6 Å². The molecule has 15 heavy (non-hydrogen) atoms. The Morgan fingerprint density at radius 2 is 2.07 bits per heavy atom. The van der Waals surface area contributed by atoms with Crippen LogP contribution in [-0.2, 0) is 0 Å². The van der Waals surface area contributed by atoms with E-state index in [0.717, 1.165) is 15.7 Å². The first-order valence-electron chi connectivity index (χ1n) is 4.67. The molecular formula is C11H11ClN2S. The van der Waals surface area contributed by atoms with Crippen molar-refractivity contribution in [1.82, 2.24) is 4.98 Å². The van der Waals surface area contributed by atoms with Crippen LogP contribution in [0.5, 0.6) is 0 Å². The van der Waals surface area contributed by atoms with Gasteiger partial charge in [0.1, 0.15) is 5.01 Å². The first-order chi connectivity index (χ1) is 7.25. The van der Waals surface area contributed by atoms with Gasteiger partial charge in [-0.1, -0.05) is 11.6 Å². The molecule has 1 aromatic carbocycles. The van der Waals surface area contributed by atoms with Crippen molar-refractivity contribution in [1.29, 1.82) is 0 Å². The fraction of sp³-hybridized carbons (Fsp3) is 0.182. The van der Waals surface area contributed by atoms with E-state index in [0.29, 0.717) is 0 Å². The fourth-order valence-corrected chi connectivity index (χ4v) is 2.08. The van der Waals surface area contributed by atoms with Crippen molar-refractivity contribution in [3.05, 3.63) is 45.9 Å². The first-order valence-corrected chi connectivity index (χ1v) is 5.93. The van der Waals surface area contributed by atoms with E-state index in [9.17, 15) is 0 Å². The van der Waals surface area contributed by atoms with Gasteiger partial charge in [0.15, 0.2) is 0 Å². The molecule has 0 amide bonds. The van der Waals surface area contributed by atoms with Gasteiger partial charge in [0.2, 0.25) is 0 Å². The zero-order valence-electron chi connectivity index (χ0n) is 8.27. The summed E-state index contributed by atoms with van der Waals surface area (Å²) >= 11 is 7.46. The number of anilines is 1. The van der Waals surface area contributed by atoms with Crippen molar-refractivity contribution in [2.75, 3.05) is 5.32 Å². The van der Waals surface area contributed by atoms with Gasteiger partial charge in [-0.3, -0.25) is 0 Å². The molecule has 0 saturated heterocycles. The topological polar surface area (TPSA) is 24.9 Å². The molecule has 2 rings (SSSR count). The molecule has 1 atom stereocenters. The molecule has 0 aliphatic carbocycles. The predicted octanol–water partition coefficient (Wildman–Crippen LogP) is 3.97. The summed E-state index contributed by atoms with van der Waals surface area (Å²) in [5, 5.41) is 7.18. The maximum absolute atomic E-state index is 5.81.